The van der Waals surface area contributed by atoms with Gasteiger partial charge in [-0.3, -0.25) is 9.59 Å². The van der Waals surface area contributed by atoms with Crippen LogP contribution in [0.4, 0.5) is 11.4 Å². The van der Waals surface area contributed by atoms with Crippen molar-refractivity contribution in [3.8, 4) is 5.75 Å². The Balaban J connectivity index is 1.83. The molecule has 2 rings (SSSR count). The zero-order valence-electron chi connectivity index (χ0n) is 14.3. The van der Waals surface area contributed by atoms with E-state index >= 15 is 0 Å². The minimum atomic E-state index is -0.589. The molecule has 0 saturated carbocycles. The fraction of sp³-hybridized carbons (Fsp3) is 0.167. The topological polar surface area (TPSA) is 137 Å². The van der Waals surface area contributed by atoms with Gasteiger partial charge in [0.1, 0.15) is 11.5 Å². The molecule has 2 aromatic carbocycles. The standard InChI is InChI=1S/C18H19BrN4O4/c19-12-9-11(5-6-16(12)24)10-15(23-27)18(26)21-8-7-17(25)22-14-4-2-1-3-13(14)20/h1-6,9,24,27H,7-8,10,20H2,(H,21,26)(H,22,25). The maximum absolute atomic E-state index is 12.1. The van der Waals surface area contributed by atoms with Crippen molar-refractivity contribution in [2.75, 3.05) is 17.6 Å². The van der Waals surface area contributed by atoms with Gasteiger partial charge in [0.25, 0.3) is 5.91 Å². The fourth-order valence-electron chi connectivity index (χ4n) is 2.23. The van der Waals surface area contributed by atoms with Crippen LogP contribution < -0.4 is 16.4 Å². The molecule has 0 atom stereocenters. The summed E-state index contributed by atoms with van der Waals surface area (Å²) in [5.74, 6) is -0.831. The van der Waals surface area contributed by atoms with Gasteiger partial charge in [0.05, 0.1) is 15.8 Å². The summed E-state index contributed by atoms with van der Waals surface area (Å²) in [5.41, 5.74) is 7.26. The molecular formula is C18H19BrN4O4. The average Bonchev–Trinajstić information content (AvgIpc) is 2.64. The van der Waals surface area contributed by atoms with E-state index in [1.165, 1.54) is 6.07 Å². The minimum Gasteiger partial charge on any atom is -0.507 e. The number of phenolic OH excluding ortho intramolecular Hbond substituents is 1. The van der Waals surface area contributed by atoms with Crippen LogP contribution in [0.5, 0.6) is 5.75 Å². The molecule has 142 valence electrons. The molecular weight excluding hydrogens is 416 g/mol. The Morgan fingerprint density at radius 1 is 1.19 bits per heavy atom. The summed E-state index contributed by atoms with van der Waals surface area (Å²) in [7, 11) is 0. The summed E-state index contributed by atoms with van der Waals surface area (Å²) in [4.78, 5) is 24.0. The molecule has 9 heteroatoms. The summed E-state index contributed by atoms with van der Waals surface area (Å²) in [5, 5.41) is 26.8. The summed E-state index contributed by atoms with van der Waals surface area (Å²) < 4.78 is 0.467. The zero-order chi connectivity index (χ0) is 19.8. The van der Waals surface area contributed by atoms with Crippen molar-refractivity contribution < 1.29 is 19.9 Å². The molecule has 0 aliphatic heterocycles. The molecule has 0 fully saturated rings. The summed E-state index contributed by atoms with van der Waals surface area (Å²) in [6.07, 6.45) is 0.0947. The van der Waals surface area contributed by atoms with E-state index in [1.807, 2.05) is 0 Å². The highest BCUT2D eigenvalue weighted by Crippen LogP contribution is 2.24. The van der Waals surface area contributed by atoms with Crippen molar-refractivity contribution >= 4 is 44.8 Å². The Morgan fingerprint density at radius 2 is 1.93 bits per heavy atom. The molecule has 8 nitrogen and oxygen atoms in total. The quantitative estimate of drug-likeness (QED) is 0.197. The van der Waals surface area contributed by atoms with Gasteiger partial charge in [-0.05, 0) is 45.8 Å². The lowest BCUT2D eigenvalue weighted by molar-refractivity contribution is -0.116. The first-order valence-electron chi connectivity index (χ1n) is 8.01. The second kappa shape index (κ2) is 9.58. The monoisotopic (exact) mass is 434 g/mol. The Labute approximate surface area is 164 Å². The van der Waals surface area contributed by atoms with Crippen LogP contribution in [0, 0.1) is 0 Å². The van der Waals surface area contributed by atoms with E-state index in [0.717, 1.165) is 0 Å². The van der Waals surface area contributed by atoms with Gasteiger partial charge in [-0.1, -0.05) is 23.4 Å². The van der Waals surface area contributed by atoms with Gasteiger partial charge >= 0.3 is 0 Å². The summed E-state index contributed by atoms with van der Waals surface area (Å²) in [6, 6.07) is 11.5. The number of aromatic hydroxyl groups is 1. The molecule has 0 aliphatic rings. The van der Waals surface area contributed by atoms with E-state index < -0.39 is 5.91 Å². The van der Waals surface area contributed by atoms with Crippen LogP contribution >= 0.6 is 15.9 Å². The van der Waals surface area contributed by atoms with Gasteiger partial charge in [0, 0.05) is 19.4 Å². The number of amides is 2. The largest absolute Gasteiger partial charge is 0.507 e. The van der Waals surface area contributed by atoms with Crippen LogP contribution in [-0.4, -0.2) is 34.4 Å². The van der Waals surface area contributed by atoms with Gasteiger partial charge in [-0.2, -0.15) is 0 Å². The lowest BCUT2D eigenvalue weighted by Gasteiger charge is -2.09. The number of halogens is 1. The van der Waals surface area contributed by atoms with E-state index in [0.29, 0.717) is 21.4 Å². The van der Waals surface area contributed by atoms with E-state index in [9.17, 15) is 14.7 Å². The Bertz CT molecular complexity index is 870. The molecule has 0 radical (unpaired) electrons. The maximum atomic E-state index is 12.1. The number of hydrogen-bond donors (Lipinski definition) is 5. The molecule has 0 spiro atoms. The number of carbonyl (C=O) groups is 2. The number of benzene rings is 2. The predicted molar refractivity (Wildman–Crippen MR) is 106 cm³/mol. The van der Waals surface area contributed by atoms with Crippen LogP contribution in [0.1, 0.15) is 12.0 Å². The number of oxime groups is 1. The molecule has 0 aliphatic carbocycles. The lowest BCUT2D eigenvalue weighted by Crippen LogP contribution is -2.34. The second-order valence-electron chi connectivity index (χ2n) is 5.65. The van der Waals surface area contributed by atoms with Crippen molar-refractivity contribution in [3.63, 3.8) is 0 Å². The minimum absolute atomic E-state index is 0.0313. The Kier molecular flexibility index (Phi) is 7.18. The number of para-hydroxylation sites is 2. The predicted octanol–water partition coefficient (Wildman–Crippen LogP) is 2.25. The first kappa shape index (κ1) is 20.2. The highest BCUT2D eigenvalue weighted by Gasteiger charge is 2.14. The molecule has 0 aromatic heterocycles. The first-order chi connectivity index (χ1) is 12.9. The number of phenols is 1. The van der Waals surface area contributed by atoms with Gasteiger partial charge in [-0.15, -0.1) is 0 Å². The van der Waals surface area contributed by atoms with E-state index in [4.69, 9.17) is 10.9 Å². The van der Waals surface area contributed by atoms with E-state index in [2.05, 4.69) is 31.7 Å². The van der Waals surface area contributed by atoms with Gasteiger partial charge in [0.2, 0.25) is 5.91 Å². The molecule has 0 heterocycles. The number of anilines is 2. The van der Waals surface area contributed by atoms with Crippen LogP contribution in [0.15, 0.2) is 52.1 Å². The highest BCUT2D eigenvalue weighted by molar-refractivity contribution is 9.10. The number of carbonyl (C=O) groups excluding carboxylic acids is 2. The van der Waals surface area contributed by atoms with Crippen LogP contribution in [0.3, 0.4) is 0 Å². The van der Waals surface area contributed by atoms with E-state index in [-0.39, 0.29) is 36.8 Å². The van der Waals surface area contributed by atoms with Crippen molar-refractivity contribution in [1.82, 2.24) is 5.32 Å². The number of hydrogen-bond acceptors (Lipinski definition) is 6. The van der Waals surface area contributed by atoms with Gasteiger partial charge < -0.3 is 26.7 Å². The molecule has 0 bridgehead atoms. The molecule has 0 unspecified atom stereocenters. The SMILES string of the molecule is Nc1ccccc1NC(=O)CCNC(=O)C(Cc1ccc(O)c(Br)c1)=NO. The number of rotatable bonds is 7. The number of nitrogen functional groups attached to an aromatic ring is 1. The number of nitrogens with zero attached hydrogens (tertiary/aromatic N) is 1. The molecule has 0 saturated heterocycles. The van der Waals surface area contributed by atoms with Crippen molar-refractivity contribution in [2.45, 2.75) is 12.8 Å². The average molecular weight is 435 g/mol. The Morgan fingerprint density at radius 3 is 2.59 bits per heavy atom. The smallest absolute Gasteiger partial charge is 0.269 e. The van der Waals surface area contributed by atoms with Crippen LogP contribution in [0.25, 0.3) is 0 Å². The second-order valence-corrected chi connectivity index (χ2v) is 6.50. The third-order valence-electron chi connectivity index (χ3n) is 3.64. The zero-order valence-corrected chi connectivity index (χ0v) is 15.9. The normalized spacial score (nSPS) is 11.1. The molecule has 2 amide bonds. The molecule has 2 aromatic rings. The van der Waals surface area contributed by atoms with Gasteiger partial charge in [0.15, 0.2) is 0 Å². The fourth-order valence-corrected chi connectivity index (χ4v) is 2.66. The van der Waals surface area contributed by atoms with Gasteiger partial charge in [-0.25, -0.2) is 0 Å². The first-order valence-corrected chi connectivity index (χ1v) is 8.81. The lowest BCUT2D eigenvalue weighted by atomic mass is 10.1. The molecule has 27 heavy (non-hydrogen) atoms. The third kappa shape index (κ3) is 6.00. The summed E-state index contributed by atoms with van der Waals surface area (Å²) in [6.45, 7) is 0.0652. The number of nitrogens with two attached hydrogens (primary N) is 1. The highest BCUT2D eigenvalue weighted by atomic mass is 79.9. The van der Waals surface area contributed by atoms with Crippen LogP contribution in [0.2, 0.25) is 0 Å². The van der Waals surface area contributed by atoms with Crippen LogP contribution in [-0.2, 0) is 16.0 Å². The van der Waals surface area contributed by atoms with Crippen molar-refractivity contribution in [3.05, 3.63) is 52.5 Å². The Hall–Kier alpha value is -3.07. The third-order valence-corrected chi connectivity index (χ3v) is 4.27. The van der Waals surface area contributed by atoms with Crippen molar-refractivity contribution in [1.29, 1.82) is 0 Å². The summed E-state index contributed by atoms with van der Waals surface area (Å²) >= 11 is 3.18. The van der Waals surface area contributed by atoms with E-state index in [1.54, 1.807) is 36.4 Å². The number of nitrogens with one attached hydrogen (secondary N) is 2. The molecule has 6 N–H and O–H groups in total. The maximum Gasteiger partial charge on any atom is 0.269 e. The van der Waals surface area contributed by atoms with Crippen molar-refractivity contribution in [2.24, 2.45) is 5.16 Å².